The average Bonchev–Trinajstić information content (AvgIpc) is 2.68. The molecule has 0 aliphatic carbocycles. The van der Waals surface area contributed by atoms with Crippen LogP contribution in [0.1, 0.15) is 34.8 Å². The van der Waals surface area contributed by atoms with Crippen LogP contribution in [-0.2, 0) is 9.53 Å². The van der Waals surface area contributed by atoms with E-state index in [1.807, 2.05) is 0 Å². The number of fused-ring (bicyclic) bond motifs is 1. The number of anilines is 1. The molecule has 0 aliphatic rings. The molecular formula is C21H17NO6. The third-order valence-corrected chi connectivity index (χ3v) is 4.03. The normalized spacial score (nSPS) is 11.6. The van der Waals surface area contributed by atoms with Crippen molar-refractivity contribution < 1.29 is 23.5 Å². The van der Waals surface area contributed by atoms with E-state index in [1.54, 1.807) is 42.5 Å². The smallest absolute Gasteiger partial charge is 0.375 e. The Kier molecular flexibility index (Phi) is 5.35. The van der Waals surface area contributed by atoms with Crippen molar-refractivity contribution in [2.45, 2.75) is 20.0 Å². The molecule has 1 aromatic heterocycles. The van der Waals surface area contributed by atoms with Crippen LogP contribution in [0.25, 0.3) is 11.0 Å². The average molecular weight is 379 g/mol. The summed E-state index contributed by atoms with van der Waals surface area (Å²) in [5.41, 5.74) is 0.713. The minimum Gasteiger partial charge on any atom is -0.449 e. The Morgan fingerprint density at radius 1 is 1.04 bits per heavy atom. The Hall–Kier alpha value is -3.74. The fraction of sp³-hybridized carbons (Fsp3) is 0.143. The molecule has 0 radical (unpaired) electrons. The molecule has 7 nitrogen and oxygen atoms in total. The van der Waals surface area contributed by atoms with Crippen LogP contribution in [0.2, 0.25) is 0 Å². The maximum Gasteiger partial charge on any atom is 0.375 e. The fourth-order valence-corrected chi connectivity index (χ4v) is 2.54. The van der Waals surface area contributed by atoms with Crippen molar-refractivity contribution in [2.75, 3.05) is 5.32 Å². The van der Waals surface area contributed by atoms with Gasteiger partial charge in [-0.1, -0.05) is 24.3 Å². The third-order valence-electron chi connectivity index (χ3n) is 4.03. The van der Waals surface area contributed by atoms with Gasteiger partial charge in [0.1, 0.15) is 5.58 Å². The van der Waals surface area contributed by atoms with Gasteiger partial charge in [0.15, 0.2) is 17.3 Å². The molecule has 28 heavy (non-hydrogen) atoms. The number of hydrogen-bond acceptors (Lipinski definition) is 6. The molecule has 0 fully saturated rings. The Morgan fingerprint density at radius 2 is 1.79 bits per heavy atom. The molecule has 1 heterocycles. The first-order valence-corrected chi connectivity index (χ1v) is 8.51. The minimum absolute atomic E-state index is 0.137. The van der Waals surface area contributed by atoms with E-state index in [0.717, 1.165) is 6.07 Å². The van der Waals surface area contributed by atoms with Crippen LogP contribution in [-0.4, -0.2) is 23.8 Å². The van der Waals surface area contributed by atoms with E-state index in [9.17, 15) is 19.2 Å². The predicted molar refractivity (Wildman–Crippen MR) is 102 cm³/mol. The highest BCUT2D eigenvalue weighted by Gasteiger charge is 2.21. The van der Waals surface area contributed by atoms with Gasteiger partial charge in [-0.25, -0.2) is 4.79 Å². The van der Waals surface area contributed by atoms with E-state index < -0.39 is 18.0 Å². The van der Waals surface area contributed by atoms with E-state index in [2.05, 4.69) is 5.32 Å². The highest BCUT2D eigenvalue weighted by Crippen LogP contribution is 2.15. The number of para-hydroxylation sites is 1. The first kappa shape index (κ1) is 19.0. The molecule has 0 saturated heterocycles. The van der Waals surface area contributed by atoms with Crippen LogP contribution in [0, 0.1) is 0 Å². The number of hydrogen-bond donors (Lipinski definition) is 1. The Balaban J connectivity index is 1.72. The lowest BCUT2D eigenvalue weighted by Gasteiger charge is -2.13. The van der Waals surface area contributed by atoms with Crippen molar-refractivity contribution in [3.8, 4) is 0 Å². The number of nitrogens with one attached hydrogen (secondary N) is 1. The molecule has 0 unspecified atom stereocenters. The first-order valence-electron chi connectivity index (χ1n) is 8.51. The van der Waals surface area contributed by atoms with E-state index in [0.29, 0.717) is 16.6 Å². The summed E-state index contributed by atoms with van der Waals surface area (Å²) in [4.78, 5) is 48.0. The monoisotopic (exact) mass is 379 g/mol. The van der Waals surface area contributed by atoms with Gasteiger partial charge in [0, 0.05) is 17.3 Å². The van der Waals surface area contributed by atoms with Crippen LogP contribution < -0.4 is 10.7 Å². The molecule has 0 bridgehead atoms. The van der Waals surface area contributed by atoms with Gasteiger partial charge in [0.25, 0.3) is 5.91 Å². The second-order valence-corrected chi connectivity index (χ2v) is 6.14. The lowest BCUT2D eigenvalue weighted by molar-refractivity contribution is -0.123. The quantitative estimate of drug-likeness (QED) is 0.539. The van der Waals surface area contributed by atoms with Crippen LogP contribution in [0.3, 0.4) is 0 Å². The van der Waals surface area contributed by atoms with Crippen LogP contribution >= 0.6 is 0 Å². The number of esters is 1. The summed E-state index contributed by atoms with van der Waals surface area (Å²) >= 11 is 0. The standard InChI is InChI=1S/C21H17NO6/c1-12(23)14-6-5-7-15(10-14)22-20(25)13(2)27-21(26)19-11-17(24)16-8-3-4-9-18(16)28-19/h3-11,13H,1-2H3,(H,22,25)/t13-/m0/s1. The van der Waals surface area contributed by atoms with Gasteiger partial charge in [-0.05, 0) is 38.1 Å². The van der Waals surface area contributed by atoms with Crippen molar-refractivity contribution in [3.05, 3.63) is 76.1 Å². The Bertz CT molecular complexity index is 1130. The first-order chi connectivity index (χ1) is 13.3. The number of carbonyl (C=O) groups excluding carboxylic acids is 3. The number of ketones is 1. The Labute approximate surface area is 159 Å². The van der Waals surface area contributed by atoms with Gasteiger partial charge >= 0.3 is 5.97 Å². The predicted octanol–water partition coefficient (Wildman–Crippen LogP) is 3.18. The summed E-state index contributed by atoms with van der Waals surface area (Å²) in [5, 5.41) is 2.92. The van der Waals surface area contributed by atoms with Gasteiger partial charge in [-0.15, -0.1) is 0 Å². The summed E-state index contributed by atoms with van der Waals surface area (Å²) in [6.07, 6.45) is -1.15. The molecule has 0 aliphatic heterocycles. The number of benzene rings is 2. The highest BCUT2D eigenvalue weighted by atomic mass is 16.6. The summed E-state index contributed by atoms with van der Waals surface area (Å²) in [5.74, 6) is -1.94. The van der Waals surface area contributed by atoms with E-state index in [1.165, 1.54) is 19.9 Å². The molecule has 3 rings (SSSR count). The largest absolute Gasteiger partial charge is 0.449 e. The van der Waals surface area contributed by atoms with Gasteiger partial charge in [0.05, 0.1) is 5.39 Å². The fourth-order valence-electron chi connectivity index (χ4n) is 2.54. The zero-order chi connectivity index (χ0) is 20.3. The second-order valence-electron chi connectivity index (χ2n) is 6.14. The molecule has 0 saturated carbocycles. The molecule has 1 N–H and O–H groups in total. The molecule has 1 amide bonds. The van der Waals surface area contributed by atoms with E-state index in [-0.39, 0.29) is 22.6 Å². The van der Waals surface area contributed by atoms with Crippen molar-refractivity contribution >= 4 is 34.3 Å². The topological polar surface area (TPSA) is 103 Å². The summed E-state index contributed by atoms with van der Waals surface area (Å²) < 4.78 is 10.5. The molecule has 2 aromatic carbocycles. The number of rotatable bonds is 5. The second kappa shape index (κ2) is 7.87. The van der Waals surface area contributed by atoms with Crippen molar-refractivity contribution in [1.29, 1.82) is 0 Å². The van der Waals surface area contributed by atoms with Crippen LogP contribution in [0.15, 0.2) is 63.8 Å². The van der Waals surface area contributed by atoms with Crippen molar-refractivity contribution in [1.82, 2.24) is 0 Å². The Morgan fingerprint density at radius 3 is 2.54 bits per heavy atom. The zero-order valence-electron chi connectivity index (χ0n) is 15.2. The summed E-state index contributed by atoms with van der Waals surface area (Å²) in [6.45, 7) is 2.81. The maximum atomic E-state index is 12.3. The highest BCUT2D eigenvalue weighted by molar-refractivity contribution is 5.99. The molecule has 1 atom stereocenters. The van der Waals surface area contributed by atoms with Crippen molar-refractivity contribution in [3.63, 3.8) is 0 Å². The van der Waals surface area contributed by atoms with Gasteiger partial charge in [-0.3, -0.25) is 14.4 Å². The SMILES string of the molecule is CC(=O)c1cccc(NC(=O)[C@H](C)OC(=O)c2cc(=O)c3ccccc3o2)c1. The third kappa shape index (κ3) is 4.15. The molecule has 0 spiro atoms. The van der Waals surface area contributed by atoms with Gasteiger partial charge in [-0.2, -0.15) is 0 Å². The number of ether oxygens (including phenoxy) is 1. The maximum absolute atomic E-state index is 12.3. The lowest BCUT2D eigenvalue weighted by atomic mass is 10.1. The van der Waals surface area contributed by atoms with Crippen LogP contribution in [0.4, 0.5) is 5.69 Å². The molecular weight excluding hydrogens is 362 g/mol. The van der Waals surface area contributed by atoms with Gasteiger partial charge < -0.3 is 14.5 Å². The van der Waals surface area contributed by atoms with Crippen molar-refractivity contribution in [2.24, 2.45) is 0 Å². The minimum atomic E-state index is -1.15. The summed E-state index contributed by atoms with van der Waals surface area (Å²) in [7, 11) is 0. The molecule has 7 heteroatoms. The molecule has 142 valence electrons. The molecule has 3 aromatic rings. The number of carbonyl (C=O) groups is 3. The number of amides is 1. The van der Waals surface area contributed by atoms with E-state index in [4.69, 9.17) is 9.15 Å². The zero-order valence-corrected chi connectivity index (χ0v) is 15.2. The van der Waals surface area contributed by atoms with Gasteiger partial charge in [0.2, 0.25) is 5.76 Å². The van der Waals surface area contributed by atoms with E-state index >= 15 is 0 Å². The summed E-state index contributed by atoms with van der Waals surface area (Å²) in [6, 6.07) is 13.9. The number of Topliss-reactive ketones (excluding diaryl/α,β-unsaturated/α-hetero) is 1. The lowest BCUT2D eigenvalue weighted by Crippen LogP contribution is -2.30. The van der Waals surface area contributed by atoms with Crippen LogP contribution in [0.5, 0.6) is 0 Å².